The Balaban J connectivity index is 4.14. The smallest absolute Gasteiger partial charge is 0.306 e. The molecule has 0 saturated carbocycles. The van der Waals surface area contributed by atoms with Crippen LogP contribution in [0.4, 0.5) is 0 Å². The number of carbonyl (C=O) groups excluding carboxylic acids is 3. The molecule has 0 radical (unpaired) electrons. The van der Waals surface area contributed by atoms with E-state index in [1.54, 1.807) is 0 Å². The fourth-order valence-electron chi connectivity index (χ4n) is 8.54. The van der Waals surface area contributed by atoms with Gasteiger partial charge in [0.25, 0.3) is 0 Å². The van der Waals surface area contributed by atoms with Gasteiger partial charge in [0.2, 0.25) is 0 Å². The van der Waals surface area contributed by atoms with Gasteiger partial charge in [-0.15, -0.1) is 0 Å². The van der Waals surface area contributed by atoms with Gasteiger partial charge in [-0.05, 0) is 25.2 Å². The van der Waals surface area contributed by atoms with E-state index < -0.39 is 6.10 Å². The topological polar surface area (TPSA) is 78.9 Å². The number of hydrogen-bond donors (Lipinski definition) is 0. The summed E-state index contributed by atoms with van der Waals surface area (Å²) in [5, 5.41) is 0. The van der Waals surface area contributed by atoms with E-state index in [4.69, 9.17) is 14.2 Å². The molecule has 1 unspecified atom stereocenters. The molecule has 6 heteroatoms. The Bertz CT molecular complexity index is 935. The molecule has 0 aliphatic heterocycles. The number of rotatable bonds is 51. The van der Waals surface area contributed by atoms with Gasteiger partial charge in [0.1, 0.15) is 13.2 Å². The van der Waals surface area contributed by atoms with Crippen molar-refractivity contribution in [3.63, 3.8) is 0 Å². The predicted octanol–water partition coefficient (Wildman–Crippen LogP) is 18.2. The summed E-state index contributed by atoms with van der Waals surface area (Å²) in [7, 11) is 0. The number of esters is 3. The molecule has 0 bridgehead atoms. The Hall–Kier alpha value is -1.59. The first-order valence-corrected chi connectivity index (χ1v) is 27.9. The minimum atomic E-state index is -0.760. The Morgan fingerprint density at radius 1 is 0.323 bits per heavy atom. The van der Waals surface area contributed by atoms with Crippen molar-refractivity contribution in [3.05, 3.63) is 0 Å². The van der Waals surface area contributed by atoms with Crippen molar-refractivity contribution in [1.29, 1.82) is 0 Å². The lowest BCUT2D eigenvalue weighted by molar-refractivity contribution is -0.167. The van der Waals surface area contributed by atoms with Crippen LogP contribution in [0.3, 0.4) is 0 Å². The second-order valence-electron chi connectivity index (χ2n) is 19.5. The minimum Gasteiger partial charge on any atom is -0.462 e. The lowest BCUT2D eigenvalue weighted by Crippen LogP contribution is -2.30. The maximum Gasteiger partial charge on any atom is 0.306 e. The largest absolute Gasteiger partial charge is 0.462 e. The third-order valence-corrected chi connectivity index (χ3v) is 13.2. The Morgan fingerprint density at radius 2 is 0.565 bits per heavy atom. The summed E-state index contributed by atoms with van der Waals surface area (Å²) in [5.41, 5.74) is 0. The lowest BCUT2D eigenvalue weighted by atomic mass is 9.99. The molecule has 0 aliphatic rings. The SMILES string of the molecule is CCCCCCCCCCCCCCCC(=O)OC[C@H](COC(=O)CCCCCCCCCCCCCCCCCCCCC(C)CC)OC(=O)CCCCCCCCCCC. The summed E-state index contributed by atoms with van der Waals surface area (Å²) < 4.78 is 16.8. The van der Waals surface area contributed by atoms with E-state index in [9.17, 15) is 14.4 Å². The van der Waals surface area contributed by atoms with Crippen molar-refractivity contribution in [1.82, 2.24) is 0 Å². The molecule has 0 aromatic heterocycles. The third-order valence-electron chi connectivity index (χ3n) is 13.2. The van der Waals surface area contributed by atoms with Crippen LogP contribution in [0.2, 0.25) is 0 Å². The molecule has 0 aromatic carbocycles. The zero-order chi connectivity index (χ0) is 45.2. The van der Waals surface area contributed by atoms with Gasteiger partial charge in [0, 0.05) is 19.3 Å². The zero-order valence-electron chi connectivity index (χ0n) is 42.3. The second kappa shape index (κ2) is 50.4. The summed E-state index contributed by atoms with van der Waals surface area (Å²) >= 11 is 0. The molecule has 0 aromatic rings. The highest BCUT2D eigenvalue weighted by Crippen LogP contribution is 2.18. The maximum absolute atomic E-state index is 12.7. The molecular formula is C56H108O6. The van der Waals surface area contributed by atoms with Crippen LogP contribution in [0.15, 0.2) is 0 Å². The van der Waals surface area contributed by atoms with Crippen molar-refractivity contribution < 1.29 is 28.6 Å². The van der Waals surface area contributed by atoms with Crippen molar-refractivity contribution in [3.8, 4) is 0 Å². The molecule has 62 heavy (non-hydrogen) atoms. The summed E-state index contributed by atoms with van der Waals surface area (Å²) in [6, 6.07) is 0. The number of hydrogen-bond acceptors (Lipinski definition) is 6. The first kappa shape index (κ1) is 60.4. The summed E-state index contributed by atoms with van der Waals surface area (Å²) in [4.78, 5) is 37.9. The van der Waals surface area contributed by atoms with Crippen LogP contribution in [-0.4, -0.2) is 37.2 Å². The summed E-state index contributed by atoms with van der Waals surface area (Å²) in [5.74, 6) is 0.0674. The standard InChI is InChI=1S/C56H108O6/c1-5-8-10-12-14-16-17-24-28-32-35-39-43-47-54(57)60-50-53(62-56(59)49-45-41-37-30-15-13-11-9-6-2)51-61-55(58)48-44-40-36-33-29-26-23-21-19-18-20-22-25-27-31-34-38-42-46-52(4)7-3/h52-53H,5-51H2,1-4H3/t52?,53-/m1/s1. The Labute approximate surface area is 387 Å². The summed E-state index contributed by atoms with van der Waals surface area (Å²) in [6.07, 6.45) is 53.8. The highest BCUT2D eigenvalue weighted by Gasteiger charge is 2.19. The molecule has 368 valence electrons. The van der Waals surface area contributed by atoms with E-state index >= 15 is 0 Å². The van der Waals surface area contributed by atoms with E-state index in [0.29, 0.717) is 19.3 Å². The van der Waals surface area contributed by atoms with Crippen molar-refractivity contribution in [2.24, 2.45) is 5.92 Å². The van der Waals surface area contributed by atoms with Gasteiger partial charge in [0.05, 0.1) is 0 Å². The molecule has 0 N–H and O–H groups in total. The van der Waals surface area contributed by atoms with Crippen LogP contribution >= 0.6 is 0 Å². The van der Waals surface area contributed by atoms with E-state index in [0.717, 1.165) is 63.7 Å². The average molecular weight is 877 g/mol. The van der Waals surface area contributed by atoms with Crippen molar-refractivity contribution >= 4 is 17.9 Å². The van der Waals surface area contributed by atoms with E-state index in [1.807, 2.05) is 0 Å². The van der Waals surface area contributed by atoms with E-state index in [2.05, 4.69) is 27.7 Å². The fraction of sp³-hybridized carbons (Fsp3) is 0.946. The van der Waals surface area contributed by atoms with Crippen LogP contribution in [-0.2, 0) is 28.6 Å². The maximum atomic E-state index is 12.7. The molecule has 0 spiro atoms. The quantitative estimate of drug-likeness (QED) is 0.0344. The molecular weight excluding hydrogens is 769 g/mol. The molecule has 0 fully saturated rings. The van der Waals surface area contributed by atoms with E-state index in [1.165, 1.54) is 212 Å². The minimum absolute atomic E-state index is 0.0624. The van der Waals surface area contributed by atoms with Gasteiger partial charge in [0.15, 0.2) is 6.10 Å². The average Bonchev–Trinajstić information content (AvgIpc) is 3.27. The van der Waals surface area contributed by atoms with Gasteiger partial charge in [-0.3, -0.25) is 14.4 Å². The van der Waals surface area contributed by atoms with Crippen LogP contribution in [0.5, 0.6) is 0 Å². The van der Waals surface area contributed by atoms with Crippen molar-refractivity contribution in [2.75, 3.05) is 13.2 Å². The number of ether oxygens (including phenoxy) is 3. The van der Waals surface area contributed by atoms with E-state index in [-0.39, 0.29) is 31.1 Å². The number of carbonyl (C=O) groups is 3. The number of unbranched alkanes of at least 4 members (excludes halogenated alkanes) is 37. The molecule has 0 aliphatic carbocycles. The highest BCUT2D eigenvalue weighted by molar-refractivity contribution is 5.71. The molecule has 2 atom stereocenters. The van der Waals surface area contributed by atoms with Crippen LogP contribution in [0, 0.1) is 5.92 Å². The Morgan fingerprint density at radius 3 is 0.839 bits per heavy atom. The van der Waals surface area contributed by atoms with Gasteiger partial charge < -0.3 is 14.2 Å². The predicted molar refractivity (Wildman–Crippen MR) is 266 cm³/mol. The van der Waals surface area contributed by atoms with Crippen molar-refractivity contribution in [2.45, 2.75) is 323 Å². The molecule has 6 nitrogen and oxygen atoms in total. The first-order valence-electron chi connectivity index (χ1n) is 27.9. The summed E-state index contributed by atoms with van der Waals surface area (Å²) in [6.45, 7) is 9.07. The zero-order valence-corrected chi connectivity index (χ0v) is 42.3. The highest BCUT2D eigenvalue weighted by atomic mass is 16.6. The van der Waals surface area contributed by atoms with Crippen LogP contribution in [0.25, 0.3) is 0 Å². The molecule has 0 rings (SSSR count). The third kappa shape index (κ3) is 47.9. The fourth-order valence-corrected chi connectivity index (χ4v) is 8.54. The molecule has 0 saturated heterocycles. The molecule has 0 amide bonds. The van der Waals surface area contributed by atoms with Gasteiger partial charge >= 0.3 is 17.9 Å². The Kier molecular flexibility index (Phi) is 49.1. The molecule has 0 heterocycles. The lowest BCUT2D eigenvalue weighted by Gasteiger charge is -2.18. The first-order chi connectivity index (χ1) is 30.4. The van der Waals surface area contributed by atoms with Crippen LogP contribution in [0.1, 0.15) is 317 Å². The van der Waals surface area contributed by atoms with Gasteiger partial charge in [-0.2, -0.15) is 0 Å². The van der Waals surface area contributed by atoms with Gasteiger partial charge in [-0.1, -0.05) is 278 Å². The monoisotopic (exact) mass is 877 g/mol. The van der Waals surface area contributed by atoms with Gasteiger partial charge in [-0.25, -0.2) is 0 Å². The van der Waals surface area contributed by atoms with Crippen LogP contribution < -0.4 is 0 Å². The normalized spacial score (nSPS) is 12.4. The second-order valence-corrected chi connectivity index (χ2v) is 19.5.